The number of aryl methyl sites for hydroxylation is 1. The molecule has 20 heavy (non-hydrogen) atoms. The minimum absolute atomic E-state index is 0.000522. The number of benzene rings is 2. The van der Waals surface area contributed by atoms with Gasteiger partial charge in [-0.1, -0.05) is 30.3 Å². The first-order valence-corrected chi connectivity index (χ1v) is 6.96. The van der Waals surface area contributed by atoms with E-state index in [0.717, 1.165) is 24.8 Å². The van der Waals surface area contributed by atoms with E-state index in [2.05, 4.69) is 17.4 Å². The van der Waals surface area contributed by atoms with E-state index in [0.29, 0.717) is 5.69 Å². The fourth-order valence-corrected chi connectivity index (χ4v) is 3.10. The number of rotatable bonds is 3. The van der Waals surface area contributed by atoms with E-state index >= 15 is 0 Å². The maximum atomic E-state index is 13.3. The van der Waals surface area contributed by atoms with E-state index in [1.807, 2.05) is 18.2 Å². The fraction of sp³-hybridized carbons (Fsp3) is 0.294. The molecule has 0 heterocycles. The molecule has 2 aromatic carbocycles. The number of hydrogen-bond donors (Lipinski definition) is 2. The number of nitrogens with one attached hydrogen (secondary N) is 1. The zero-order valence-electron chi connectivity index (χ0n) is 11.3. The number of aliphatic hydroxyl groups is 1. The van der Waals surface area contributed by atoms with Crippen molar-refractivity contribution < 1.29 is 9.50 Å². The van der Waals surface area contributed by atoms with Gasteiger partial charge in [0, 0.05) is 5.69 Å². The lowest BCUT2D eigenvalue weighted by molar-refractivity contribution is 0.194. The van der Waals surface area contributed by atoms with Gasteiger partial charge < -0.3 is 10.4 Å². The molecular formula is C17H18FNO. The molecule has 1 atom stereocenters. The second-order valence-electron chi connectivity index (χ2n) is 5.39. The molecule has 0 aromatic heterocycles. The predicted molar refractivity (Wildman–Crippen MR) is 78.2 cm³/mol. The average Bonchev–Trinajstić information content (AvgIpc) is 2.47. The summed E-state index contributed by atoms with van der Waals surface area (Å²) in [5.74, 6) is -0.271. The van der Waals surface area contributed by atoms with Crippen LogP contribution in [0.3, 0.4) is 0 Å². The van der Waals surface area contributed by atoms with Crippen LogP contribution in [-0.4, -0.2) is 11.7 Å². The number of fused-ring (bicyclic) bond motifs is 1. The van der Waals surface area contributed by atoms with Crippen LogP contribution in [0.1, 0.15) is 24.0 Å². The zero-order valence-corrected chi connectivity index (χ0v) is 11.3. The summed E-state index contributed by atoms with van der Waals surface area (Å²) in [6, 6.07) is 14.6. The van der Waals surface area contributed by atoms with Crippen molar-refractivity contribution >= 4 is 5.69 Å². The van der Waals surface area contributed by atoms with Gasteiger partial charge in [0.05, 0.1) is 12.1 Å². The van der Waals surface area contributed by atoms with E-state index in [-0.39, 0.29) is 12.4 Å². The van der Waals surface area contributed by atoms with Gasteiger partial charge >= 0.3 is 0 Å². The molecule has 0 bridgehead atoms. The molecule has 0 saturated carbocycles. The van der Waals surface area contributed by atoms with Crippen LogP contribution < -0.4 is 5.32 Å². The maximum absolute atomic E-state index is 13.3. The van der Waals surface area contributed by atoms with E-state index in [4.69, 9.17) is 0 Å². The van der Waals surface area contributed by atoms with Crippen LogP contribution in [-0.2, 0) is 12.0 Å². The van der Waals surface area contributed by atoms with Crippen LogP contribution in [0.5, 0.6) is 0 Å². The molecular weight excluding hydrogens is 253 g/mol. The van der Waals surface area contributed by atoms with Crippen molar-refractivity contribution in [3.63, 3.8) is 0 Å². The van der Waals surface area contributed by atoms with Crippen LogP contribution in [0.25, 0.3) is 0 Å². The lowest BCUT2D eigenvalue weighted by Crippen LogP contribution is -2.42. The monoisotopic (exact) mass is 271 g/mol. The molecule has 0 fully saturated rings. The molecule has 0 radical (unpaired) electrons. The molecule has 0 amide bonds. The summed E-state index contributed by atoms with van der Waals surface area (Å²) in [4.78, 5) is 0. The third-order valence-corrected chi connectivity index (χ3v) is 4.06. The van der Waals surface area contributed by atoms with Gasteiger partial charge in [0.25, 0.3) is 0 Å². The van der Waals surface area contributed by atoms with Crippen molar-refractivity contribution in [2.45, 2.75) is 24.8 Å². The number of hydrogen-bond acceptors (Lipinski definition) is 2. The Labute approximate surface area is 118 Å². The molecule has 1 aliphatic carbocycles. The van der Waals surface area contributed by atoms with Gasteiger partial charge in [0.2, 0.25) is 0 Å². The third-order valence-electron chi connectivity index (χ3n) is 4.06. The van der Waals surface area contributed by atoms with E-state index in [9.17, 15) is 9.50 Å². The Bertz CT molecular complexity index is 613. The van der Waals surface area contributed by atoms with Crippen molar-refractivity contribution in [1.82, 2.24) is 0 Å². The highest BCUT2D eigenvalue weighted by atomic mass is 19.1. The van der Waals surface area contributed by atoms with Crippen LogP contribution in [0.4, 0.5) is 10.1 Å². The van der Waals surface area contributed by atoms with Gasteiger partial charge in [0.15, 0.2) is 0 Å². The van der Waals surface area contributed by atoms with Crippen molar-refractivity contribution in [2.75, 3.05) is 11.9 Å². The Kier molecular flexibility index (Phi) is 3.45. The molecule has 0 saturated heterocycles. The van der Waals surface area contributed by atoms with Gasteiger partial charge in [-0.05, 0) is 48.6 Å². The Morgan fingerprint density at radius 2 is 2.00 bits per heavy atom. The first-order chi connectivity index (χ1) is 9.73. The Morgan fingerprint density at radius 3 is 2.80 bits per heavy atom. The summed E-state index contributed by atoms with van der Waals surface area (Å²) < 4.78 is 13.3. The van der Waals surface area contributed by atoms with Crippen LogP contribution >= 0.6 is 0 Å². The molecule has 1 aliphatic rings. The molecule has 1 unspecified atom stereocenters. The quantitative estimate of drug-likeness (QED) is 0.896. The Hall–Kier alpha value is -1.87. The van der Waals surface area contributed by atoms with E-state index < -0.39 is 5.54 Å². The molecule has 2 nitrogen and oxygen atoms in total. The molecule has 2 aromatic rings. The van der Waals surface area contributed by atoms with Crippen molar-refractivity contribution in [2.24, 2.45) is 0 Å². The molecule has 2 N–H and O–H groups in total. The summed E-state index contributed by atoms with van der Waals surface area (Å²) in [6.07, 6.45) is 2.89. The largest absolute Gasteiger partial charge is 0.394 e. The van der Waals surface area contributed by atoms with Gasteiger partial charge in [-0.15, -0.1) is 0 Å². The SMILES string of the molecule is OCC1(Nc2cccc(F)c2)CCCc2ccccc21. The summed E-state index contributed by atoms with van der Waals surface area (Å²) in [7, 11) is 0. The Morgan fingerprint density at radius 1 is 1.15 bits per heavy atom. The number of aliphatic hydroxyl groups excluding tert-OH is 1. The normalized spacial score (nSPS) is 21.3. The van der Waals surface area contributed by atoms with E-state index in [1.54, 1.807) is 6.07 Å². The van der Waals surface area contributed by atoms with Crippen molar-refractivity contribution in [1.29, 1.82) is 0 Å². The van der Waals surface area contributed by atoms with Crippen molar-refractivity contribution in [3.8, 4) is 0 Å². The molecule has 3 heteroatoms. The average molecular weight is 271 g/mol. The number of anilines is 1. The number of halogens is 1. The van der Waals surface area contributed by atoms with Gasteiger partial charge in [-0.2, -0.15) is 0 Å². The smallest absolute Gasteiger partial charge is 0.125 e. The first kappa shape index (κ1) is 13.1. The maximum Gasteiger partial charge on any atom is 0.125 e. The standard InChI is InChI=1S/C17H18FNO/c18-14-7-3-8-15(11-14)19-17(12-20)10-4-6-13-5-1-2-9-16(13)17/h1-3,5,7-9,11,19-20H,4,6,10,12H2. The second kappa shape index (κ2) is 5.25. The zero-order chi connectivity index (χ0) is 14.0. The molecule has 0 aliphatic heterocycles. The highest BCUT2D eigenvalue weighted by Gasteiger charge is 2.35. The van der Waals surface area contributed by atoms with Gasteiger partial charge in [0.1, 0.15) is 5.82 Å². The summed E-state index contributed by atoms with van der Waals surface area (Å²) in [5, 5.41) is 13.3. The molecule has 104 valence electrons. The minimum Gasteiger partial charge on any atom is -0.394 e. The van der Waals surface area contributed by atoms with Crippen LogP contribution in [0.15, 0.2) is 48.5 Å². The lowest BCUT2D eigenvalue weighted by atomic mass is 9.77. The van der Waals surface area contributed by atoms with E-state index in [1.165, 1.54) is 17.7 Å². The van der Waals surface area contributed by atoms with Gasteiger partial charge in [-0.3, -0.25) is 0 Å². The predicted octanol–water partition coefficient (Wildman–Crippen LogP) is 3.46. The summed E-state index contributed by atoms with van der Waals surface area (Å²) >= 11 is 0. The van der Waals surface area contributed by atoms with Gasteiger partial charge in [-0.25, -0.2) is 4.39 Å². The van der Waals surface area contributed by atoms with Crippen molar-refractivity contribution in [3.05, 3.63) is 65.5 Å². The topological polar surface area (TPSA) is 32.3 Å². The first-order valence-electron chi connectivity index (χ1n) is 6.96. The lowest BCUT2D eigenvalue weighted by Gasteiger charge is -2.39. The Balaban J connectivity index is 2.00. The highest BCUT2D eigenvalue weighted by Crippen LogP contribution is 2.37. The second-order valence-corrected chi connectivity index (χ2v) is 5.39. The molecule has 3 rings (SSSR count). The fourth-order valence-electron chi connectivity index (χ4n) is 3.10. The summed E-state index contributed by atoms with van der Waals surface area (Å²) in [5.41, 5.74) is 2.58. The third kappa shape index (κ3) is 2.29. The summed E-state index contributed by atoms with van der Waals surface area (Å²) in [6.45, 7) is 0.000522. The minimum atomic E-state index is -0.511. The van der Waals surface area contributed by atoms with Crippen LogP contribution in [0.2, 0.25) is 0 Å². The van der Waals surface area contributed by atoms with Crippen LogP contribution in [0, 0.1) is 5.82 Å². The molecule has 0 spiro atoms. The highest BCUT2D eigenvalue weighted by molar-refractivity contribution is 5.50.